The highest BCUT2D eigenvalue weighted by molar-refractivity contribution is 5.95. The third-order valence-electron chi connectivity index (χ3n) is 4.44. The van der Waals surface area contributed by atoms with Gasteiger partial charge in [0.15, 0.2) is 0 Å². The molecule has 176 valence electrons. The summed E-state index contributed by atoms with van der Waals surface area (Å²) in [6, 6.07) is 14.9. The lowest BCUT2D eigenvalue weighted by atomic mass is 10.0. The van der Waals surface area contributed by atoms with Gasteiger partial charge in [-0.2, -0.15) is 18.3 Å². The zero-order valence-corrected chi connectivity index (χ0v) is 17.6. The number of aliphatic carboxylic acids is 1. The number of hydrogen-bond acceptors (Lipinski definition) is 5. The van der Waals surface area contributed by atoms with E-state index in [1.807, 2.05) is 42.5 Å². The number of amides is 1. The van der Waals surface area contributed by atoms with E-state index < -0.39 is 18.2 Å². The number of hydrogen-bond donors (Lipinski definition) is 4. The molecule has 33 heavy (non-hydrogen) atoms. The van der Waals surface area contributed by atoms with Crippen molar-refractivity contribution in [1.82, 2.24) is 10.2 Å². The quantitative estimate of drug-likeness (QED) is 0.423. The van der Waals surface area contributed by atoms with E-state index in [1.165, 1.54) is 5.56 Å². The Bertz CT molecular complexity index is 1040. The average molecular weight is 464 g/mol. The number of anilines is 1. The summed E-state index contributed by atoms with van der Waals surface area (Å²) in [5, 5.41) is 16.7. The number of ether oxygens (including phenoxy) is 1. The van der Waals surface area contributed by atoms with Crippen LogP contribution in [0.1, 0.15) is 12.0 Å². The van der Waals surface area contributed by atoms with E-state index in [9.17, 15) is 18.0 Å². The zero-order chi connectivity index (χ0) is 24.4. The predicted molar refractivity (Wildman–Crippen MR) is 116 cm³/mol. The van der Waals surface area contributed by atoms with E-state index in [0.29, 0.717) is 17.9 Å². The highest BCUT2D eigenvalue weighted by Crippen LogP contribution is 2.31. The maximum absolute atomic E-state index is 12.4. The Morgan fingerprint density at radius 1 is 1.21 bits per heavy atom. The van der Waals surface area contributed by atoms with Gasteiger partial charge in [-0.05, 0) is 30.5 Å². The van der Waals surface area contributed by atoms with E-state index >= 15 is 0 Å². The number of methoxy groups -OCH3 is 1. The number of nitrogens with two attached hydrogens (primary N) is 1. The van der Waals surface area contributed by atoms with Crippen molar-refractivity contribution in [3.8, 4) is 16.9 Å². The summed E-state index contributed by atoms with van der Waals surface area (Å²) >= 11 is 0. The van der Waals surface area contributed by atoms with Crippen LogP contribution in [0.4, 0.5) is 18.9 Å². The number of carboxylic acids is 1. The molecule has 11 heteroatoms. The second kappa shape index (κ2) is 11.7. The lowest BCUT2D eigenvalue weighted by molar-refractivity contribution is -0.192. The van der Waals surface area contributed by atoms with Crippen molar-refractivity contribution in [3.05, 3.63) is 66.5 Å². The molecule has 0 unspecified atom stereocenters. The molecular formula is C22H23F3N4O4. The number of alkyl halides is 3. The normalized spacial score (nSPS) is 11.7. The molecule has 0 aliphatic carbocycles. The van der Waals surface area contributed by atoms with Gasteiger partial charge < -0.3 is 20.9 Å². The van der Waals surface area contributed by atoms with E-state index in [-0.39, 0.29) is 5.91 Å². The highest BCUT2D eigenvalue weighted by Gasteiger charge is 2.38. The summed E-state index contributed by atoms with van der Waals surface area (Å²) in [4.78, 5) is 21.3. The van der Waals surface area contributed by atoms with Gasteiger partial charge in [0.05, 0.1) is 19.3 Å². The molecule has 0 fully saturated rings. The second-order valence-electron chi connectivity index (χ2n) is 6.82. The first-order valence-corrected chi connectivity index (χ1v) is 9.69. The molecular weight excluding hydrogens is 441 g/mol. The topological polar surface area (TPSA) is 130 Å². The number of benzene rings is 2. The number of aryl methyl sites for hydroxylation is 1. The molecule has 2 aromatic carbocycles. The minimum Gasteiger partial charge on any atom is -0.496 e. The number of nitrogens with zero attached hydrogens (tertiary/aromatic N) is 1. The van der Waals surface area contributed by atoms with Crippen LogP contribution in [0.2, 0.25) is 0 Å². The van der Waals surface area contributed by atoms with E-state index in [1.54, 1.807) is 25.6 Å². The largest absolute Gasteiger partial charge is 0.496 e. The third-order valence-corrected chi connectivity index (χ3v) is 4.44. The smallest absolute Gasteiger partial charge is 0.490 e. The van der Waals surface area contributed by atoms with Crippen molar-refractivity contribution in [2.75, 3.05) is 12.4 Å². The molecule has 3 rings (SSSR count). The van der Waals surface area contributed by atoms with Crippen LogP contribution in [0.5, 0.6) is 5.75 Å². The van der Waals surface area contributed by atoms with Gasteiger partial charge in [-0.1, -0.05) is 30.3 Å². The molecule has 0 bridgehead atoms. The molecule has 1 amide bonds. The van der Waals surface area contributed by atoms with Gasteiger partial charge in [0.25, 0.3) is 0 Å². The summed E-state index contributed by atoms with van der Waals surface area (Å²) in [5.41, 5.74) is 9.66. The molecule has 1 atom stereocenters. The summed E-state index contributed by atoms with van der Waals surface area (Å²) in [7, 11) is 1.59. The first-order valence-electron chi connectivity index (χ1n) is 9.69. The van der Waals surface area contributed by atoms with Crippen molar-refractivity contribution >= 4 is 17.6 Å². The number of carboxylic acid groups (broad SMARTS) is 1. The number of halogens is 3. The fourth-order valence-electron chi connectivity index (χ4n) is 2.74. The Kier molecular flexibility index (Phi) is 8.98. The van der Waals surface area contributed by atoms with Crippen LogP contribution >= 0.6 is 0 Å². The minimum absolute atomic E-state index is 0.209. The Morgan fingerprint density at radius 3 is 2.42 bits per heavy atom. The maximum Gasteiger partial charge on any atom is 0.490 e. The number of carbonyl (C=O) groups is 2. The van der Waals surface area contributed by atoms with Crippen LogP contribution in [-0.2, 0) is 16.0 Å². The van der Waals surface area contributed by atoms with Crippen LogP contribution < -0.4 is 15.8 Å². The van der Waals surface area contributed by atoms with Gasteiger partial charge in [-0.25, -0.2) is 4.79 Å². The summed E-state index contributed by atoms with van der Waals surface area (Å²) in [6.07, 6.45) is -0.233. The number of H-pyrrole nitrogens is 1. The van der Waals surface area contributed by atoms with Crippen molar-refractivity contribution < 1.29 is 32.6 Å². The van der Waals surface area contributed by atoms with Gasteiger partial charge >= 0.3 is 12.1 Å². The van der Waals surface area contributed by atoms with Gasteiger partial charge in [-0.3, -0.25) is 9.89 Å². The summed E-state index contributed by atoms with van der Waals surface area (Å²) in [6.45, 7) is 0. The molecule has 8 nitrogen and oxygen atoms in total. The van der Waals surface area contributed by atoms with Crippen molar-refractivity contribution in [1.29, 1.82) is 0 Å². The lowest BCUT2D eigenvalue weighted by Crippen LogP contribution is -2.36. The first-order chi connectivity index (χ1) is 15.6. The number of aromatic nitrogens is 2. The minimum atomic E-state index is -5.08. The first kappa shape index (κ1) is 25.4. The van der Waals surface area contributed by atoms with Crippen LogP contribution in [0.25, 0.3) is 11.1 Å². The molecule has 0 aliphatic rings. The standard InChI is InChI=1S/C20H22N4O2.C2HF3O2/c1-26-19-11-16(8-9-17(19)15-12-22-23-13-15)24-20(25)18(21)10-7-14-5-3-2-4-6-14;3-2(4,5)1(6)7/h2-6,8-9,11-13,18H,7,10,21H2,1H3,(H,22,23)(H,24,25);(H,6,7)/t18-;/m1./s1. The SMILES string of the molecule is COc1cc(NC(=O)[C@H](N)CCc2ccccc2)ccc1-c1cn[nH]c1.O=C(O)C(F)(F)F. The maximum atomic E-state index is 12.4. The number of rotatable bonds is 7. The van der Waals surface area contributed by atoms with Crippen LogP contribution in [0.15, 0.2) is 60.9 Å². The molecule has 1 aromatic heterocycles. The molecule has 5 N–H and O–H groups in total. The van der Waals surface area contributed by atoms with E-state index in [4.69, 9.17) is 20.4 Å². The van der Waals surface area contributed by atoms with Gasteiger partial charge in [0, 0.05) is 29.1 Å². The number of nitrogens with one attached hydrogen (secondary N) is 2. The Labute approximate surface area is 187 Å². The lowest BCUT2D eigenvalue weighted by Gasteiger charge is -2.14. The molecule has 3 aromatic rings. The van der Waals surface area contributed by atoms with Crippen molar-refractivity contribution in [3.63, 3.8) is 0 Å². The van der Waals surface area contributed by atoms with Crippen LogP contribution in [0.3, 0.4) is 0 Å². The van der Waals surface area contributed by atoms with Crippen molar-refractivity contribution in [2.24, 2.45) is 5.73 Å². The van der Waals surface area contributed by atoms with Gasteiger partial charge in [-0.15, -0.1) is 0 Å². The fourth-order valence-corrected chi connectivity index (χ4v) is 2.74. The van der Waals surface area contributed by atoms with Crippen LogP contribution in [-0.4, -0.2) is 46.5 Å². The third kappa shape index (κ3) is 7.96. The monoisotopic (exact) mass is 464 g/mol. The molecule has 1 heterocycles. The summed E-state index contributed by atoms with van der Waals surface area (Å²) < 4.78 is 37.2. The molecule has 0 aliphatic heterocycles. The highest BCUT2D eigenvalue weighted by atomic mass is 19.4. The molecule has 0 spiro atoms. The average Bonchev–Trinajstić information content (AvgIpc) is 3.32. The summed E-state index contributed by atoms with van der Waals surface area (Å²) in [5.74, 6) is -2.31. The Balaban J connectivity index is 0.000000479. The molecule has 0 saturated heterocycles. The zero-order valence-electron chi connectivity index (χ0n) is 17.6. The fraction of sp³-hybridized carbons (Fsp3) is 0.227. The number of carbonyl (C=O) groups excluding carboxylic acids is 1. The predicted octanol–water partition coefficient (Wildman–Crippen LogP) is 3.62. The van der Waals surface area contributed by atoms with E-state index in [2.05, 4.69) is 15.5 Å². The van der Waals surface area contributed by atoms with Crippen molar-refractivity contribution in [2.45, 2.75) is 25.1 Å². The van der Waals surface area contributed by atoms with Gasteiger partial charge in [0.1, 0.15) is 5.75 Å². The Hall–Kier alpha value is -3.86. The molecule has 0 saturated carbocycles. The molecule has 0 radical (unpaired) electrons. The van der Waals surface area contributed by atoms with Crippen LogP contribution in [0, 0.1) is 0 Å². The van der Waals surface area contributed by atoms with E-state index in [0.717, 1.165) is 17.5 Å². The number of aromatic amines is 1. The Morgan fingerprint density at radius 2 is 1.88 bits per heavy atom. The second-order valence-corrected chi connectivity index (χ2v) is 6.82. The van der Waals surface area contributed by atoms with Gasteiger partial charge in [0.2, 0.25) is 5.91 Å².